The first kappa shape index (κ1) is 28.3. The lowest BCUT2D eigenvalue weighted by Gasteiger charge is -2.08. The molecule has 0 bridgehead atoms. The standard InChI is InChI=1S/C27H45O5/c1-4-5-6-7-8-9-10-11-12-13-14-15-16-17-18-19-20-31-32-27(28)24-21-25(29-2)23-26(22-24)30-3/h21-23H,1,4-20H2,2-3H3. The van der Waals surface area contributed by atoms with Gasteiger partial charge in [-0.1, -0.05) is 103 Å². The summed E-state index contributed by atoms with van der Waals surface area (Å²) < 4.78 is 10.3. The van der Waals surface area contributed by atoms with E-state index in [9.17, 15) is 4.79 Å². The van der Waals surface area contributed by atoms with Gasteiger partial charge in [0.1, 0.15) is 11.5 Å². The lowest BCUT2D eigenvalue weighted by Crippen LogP contribution is -2.07. The molecule has 0 saturated heterocycles. The maximum Gasteiger partial charge on any atom is 0.373 e. The molecule has 0 aromatic heterocycles. The smallest absolute Gasteiger partial charge is 0.373 e. The highest BCUT2D eigenvalue weighted by molar-refractivity contribution is 5.90. The zero-order chi connectivity index (χ0) is 23.3. The van der Waals surface area contributed by atoms with Crippen molar-refractivity contribution >= 4 is 5.97 Å². The quantitative estimate of drug-likeness (QED) is 0.109. The molecule has 0 spiro atoms. The number of hydrogen-bond acceptors (Lipinski definition) is 5. The number of rotatable bonds is 21. The second-order valence-corrected chi connectivity index (χ2v) is 8.45. The topological polar surface area (TPSA) is 54.0 Å². The van der Waals surface area contributed by atoms with Crippen molar-refractivity contribution in [2.24, 2.45) is 0 Å². The molecule has 5 heteroatoms. The largest absolute Gasteiger partial charge is 0.497 e. The van der Waals surface area contributed by atoms with Gasteiger partial charge in [-0.2, -0.15) is 4.89 Å². The van der Waals surface area contributed by atoms with Crippen molar-refractivity contribution in [2.75, 3.05) is 20.8 Å². The fourth-order valence-corrected chi connectivity index (χ4v) is 3.70. The average molecular weight is 450 g/mol. The second kappa shape index (κ2) is 19.9. The molecule has 5 nitrogen and oxygen atoms in total. The fourth-order valence-electron chi connectivity index (χ4n) is 3.70. The molecule has 32 heavy (non-hydrogen) atoms. The predicted octanol–water partition coefficient (Wildman–Crippen LogP) is 7.87. The van der Waals surface area contributed by atoms with Crippen LogP contribution in [0, 0.1) is 6.92 Å². The number of benzene rings is 1. The van der Waals surface area contributed by atoms with Crippen LogP contribution in [0.4, 0.5) is 0 Å². The lowest BCUT2D eigenvalue weighted by molar-refractivity contribution is -0.241. The Morgan fingerprint density at radius 1 is 0.656 bits per heavy atom. The number of ether oxygens (including phenoxy) is 2. The molecule has 0 heterocycles. The molecule has 0 aliphatic rings. The van der Waals surface area contributed by atoms with Gasteiger partial charge in [0.15, 0.2) is 0 Å². The third-order valence-electron chi connectivity index (χ3n) is 5.70. The second-order valence-electron chi connectivity index (χ2n) is 8.45. The first-order valence-corrected chi connectivity index (χ1v) is 12.6. The summed E-state index contributed by atoms with van der Waals surface area (Å²) in [6, 6.07) is 4.90. The van der Waals surface area contributed by atoms with E-state index in [-0.39, 0.29) is 0 Å². The maximum absolute atomic E-state index is 12.1. The summed E-state index contributed by atoms with van der Waals surface area (Å²) in [5.74, 6) is 0.524. The summed E-state index contributed by atoms with van der Waals surface area (Å²) in [6.45, 7) is 4.31. The Hall–Kier alpha value is -1.75. The third-order valence-corrected chi connectivity index (χ3v) is 5.70. The molecule has 0 amide bonds. The van der Waals surface area contributed by atoms with Crippen LogP contribution < -0.4 is 9.47 Å². The SMILES string of the molecule is [CH2]CCCCCCCCCCCCCCCCCOOC(=O)c1cc(OC)cc(OC)c1. The minimum absolute atomic E-state index is 0.339. The van der Waals surface area contributed by atoms with Gasteiger partial charge in [0.25, 0.3) is 0 Å². The van der Waals surface area contributed by atoms with Crippen LogP contribution in [0.25, 0.3) is 0 Å². The molecular formula is C27H45O5. The van der Waals surface area contributed by atoms with Crippen LogP contribution in [0.3, 0.4) is 0 Å². The van der Waals surface area contributed by atoms with E-state index in [1.54, 1.807) is 18.2 Å². The van der Waals surface area contributed by atoms with E-state index >= 15 is 0 Å². The predicted molar refractivity (Wildman–Crippen MR) is 130 cm³/mol. The van der Waals surface area contributed by atoms with Crippen molar-refractivity contribution in [3.8, 4) is 11.5 Å². The van der Waals surface area contributed by atoms with Crippen molar-refractivity contribution in [3.05, 3.63) is 30.7 Å². The molecule has 183 valence electrons. The molecule has 0 saturated carbocycles. The van der Waals surface area contributed by atoms with Crippen LogP contribution in [-0.2, 0) is 9.78 Å². The van der Waals surface area contributed by atoms with E-state index in [2.05, 4.69) is 6.92 Å². The lowest BCUT2D eigenvalue weighted by atomic mass is 10.0. The Balaban J connectivity index is 1.90. The summed E-state index contributed by atoms with van der Waals surface area (Å²) in [7, 11) is 3.08. The van der Waals surface area contributed by atoms with Crippen LogP contribution in [0.1, 0.15) is 113 Å². The number of unbranched alkanes of at least 4 members (excludes halogenated alkanes) is 15. The molecule has 1 aromatic rings. The van der Waals surface area contributed by atoms with E-state index in [0.717, 1.165) is 19.3 Å². The maximum atomic E-state index is 12.1. The van der Waals surface area contributed by atoms with Crippen LogP contribution in [0.2, 0.25) is 0 Å². The molecule has 1 radical (unpaired) electrons. The van der Waals surface area contributed by atoms with Gasteiger partial charge in [0.05, 0.1) is 26.4 Å². The van der Waals surface area contributed by atoms with Crippen LogP contribution >= 0.6 is 0 Å². The van der Waals surface area contributed by atoms with Crippen molar-refractivity contribution in [1.82, 2.24) is 0 Å². The first-order chi connectivity index (χ1) is 15.7. The molecule has 0 fully saturated rings. The molecule has 0 atom stereocenters. The van der Waals surface area contributed by atoms with Gasteiger partial charge < -0.3 is 9.47 Å². The molecule has 1 rings (SSSR count). The summed E-state index contributed by atoms with van der Waals surface area (Å²) in [6.07, 6.45) is 20.6. The zero-order valence-corrected chi connectivity index (χ0v) is 20.5. The fraction of sp³-hybridized carbons (Fsp3) is 0.704. The van der Waals surface area contributed by atoms with Gasteiger partial charge in [-0.25, -0.2) is 4.79 Å². The van der Waals surface area contributed by atoms with Gasteiger partial charge in [-0.05, 0) is 18.6 Å². The minimum atomic E-state index is -0.545. The Morgan fingerprint density at radius 2 is 1.06 bits per heavy atom. The van der Waals surface area contributed by atoms with Crippen LogP contribution in [0.15, 0.2) is 18.2 Å². The molecule has 0 aliphatic heterocycles. The number of hydrogen-bond donors (Lipinski definition) is 0. The molecule has 0 aliphatic carbocycles. The highest BCUT2D eigenvalue weighted by Gasteiger charge is 2.12. The highest BCUT2D eigenvalue weighted by atomic mass is 17.2. The van der Waals surface area contributed by atoms with Gasteiger partial charge in [-0.3, -0.25) is 4.89 Å². The van der Waals surface area contributed by atoms with E-state index < -0.39 is 5.97 Å². The normalized spacial score (nSPS) is 10.8. The summed E-state index contributed by atoms with van der Waals surface area (Å²) in [5, 5.41) is 0. The summed E-state index contributed by atoms with van der Waals surface area (Å²) in [5.41, 5.74) is 0.339. The van der Waals surface area contributed by atoms with Crippen molar-refractivity contribution in [3.63, 3.8) is 0 Å². The van der Waals surface area contributed by atoms with Gasteiger partial charge in [0.2, 0.25) is 0 Å². The zero-order valence-electron chi connectivity index (χ0n) is 20.5. The van der Waals surface area contributed by atoms with E-state index in [1.165, 1.54) is 97.7 Å². The highest BCUT2D eigenvalue weighted by Crippen LogP contribution is 2.23. The minimum Gasteiger partial charge on any atom is -0.497 e. The molecule has 0 unspecified atom stereocenters. The average Bonchev–Trinajstić information content (AvgIpc) is 2.82. The van der Waals surface area contributed by atoms with Gasteiger partial charge in [-0.15, -0.1) is 0 Å². The van der Waals surface area contributed by atoms with E-state index in [0.29, 0.717) is 23.7 Å². The molecular weight excluding hydrogens is 404 g/mol. The van der Waals surface area contributed by atoms with Crippen molar-refractivity contribution in [1.29, 1.82) is 0 Å². The van der Waals surface area contributed by atoms with E-state index in [1.807, 2.05) is 0 Å². The number of carbonyl (C=O) groups excluding carboxylic acids is 1. The van der Waals surface area contributed by atoms with Crippen molar-refractivity contribution in [2.45, 2.75) is 103 Å². The van der Waals surface area contributed by atoms with Crippen molar-refractivity contribution < 1.29 is 24.0 Å². The summed E-state index contributed by atoms with van der Waals surface area (Å²) >= 11 is 0. The van der Waals surface area contributed by atoms with Gasteiger partial charge >= 0.3 is 5.97 Å². The first-order valence-electron chi connectivity index (χ1n) is 12.6. The van der Waals surface area contributed by atoms with E-state index in [4.69, 9.17) is 19.2 Å². The van der Waals surface area contributed by atoms with Crippen LogP contribution in [-0.4, -0.2) is 26.8 Å². The Labute approximate surface area is 196 Å². The van der Waals surface area contributed by atoms with Gasteiger partial charge in [0, 0.05) is 6.07 Å². The Morgan fingerprint density at radius 3 is 1.47 bits per heavy atom. The Kier molecular flexibility index (Phi) is 17.6. The monoisotopic (exact) mass is 449 g/mol. The number of carbonyl (C=O) groups is 1. The molecule has 0 N–H and O–H groups in total. The third kappa shape index (κ3) is 14.3. The summed E-state index contributed by atoms with van der Waals surface area (Å²) in [4.78, 5) is 22.1. The number of methoxy groups -OCH3 is 2. The van der Waals surface area contributed by atoms with Crippen LogP contribution in [0.5, 0.6) is 11.5 Å². The Bertz CT molecular complexity index is 565. The molecule has 1 aromatic carbocycles.